The SMILES string of the molecule is O=C1C2=C(C=CC1Cl)Oc1ccccc1O2. The lowest BCUT2D eigenvalue weighted by Crippen LogP contribution is -2.26. The summed E-state index contributed by atoms with van der Waals surface area (Å²) in [5.74, 6) is 1.47. The summed E-state index contributed by atoms with van der Waals surface area (Å²) in [7, 11) is 0. The molecule has 16 heavy (non-hydrogen) atoms. The van der Waals surface area contributed by atoms with E-state index >= 15 is 0 Å². The molecule has 2 aliphatic rings. The topological polar surface area (TPSA) is 35.5 Å². The minimum Gasteiger partial charge on any atom is -0.449 e. The first-order chi connectivity index (χ1) is 7.75. The molecule has 1 atom stereocenters. The average molecular weight is 235 g/mol. The minimum atomic E-state index is -0.674. The third-order valence-corrected chi connectivity index (χ3v) is 2.74. The van der Waals surface area contributed by atoms with Crippen LogP contribution in [0.25, 0.3) is 0 Å². The average Bonchev–Trinajstić information content (AvgIpc) is 2.32. The summed E-state index contributed by atoms with van der Waals surface area (Å²) >= 11 is 5.81. The van der Waals surface area contributed by atoms with Crippen molar-refractivity contribution in [2.24, 2.45) is 0 Å². The second-order valence-corrected chi connectivity index (χ2v) is 3.94. The Morgan fingerprint density at radius 3 is 2.56 bits per heavy atom. The zero-order valence-electron chi connectivity index (χ0n) is 8.14. The molecule has 0 spiro atoms. The predicted octanol–water partition coefficient (Wildman–Crippen LogP) is 2.42. The Bertz CT molecular complexity index is 531. The molecule has 4 heteroatoms. The number of hydrogen-bond donors (Lipinski definition) is 0. The molecule has 0 bridgehead atoms. The summed E-state index contributed by atoms with van der Waals surface area (Å²) in [6, 6.07) is 7.18. The number of fused-ring (bicyclic) bond motifs is 1. The molecule has 0 fully saturated rings. The van der Waals surface area contributed by atoms with E-state index in [1.165, 1.54) is 0 Å². The Hall–Kier alpha value is -1.74. The third kappa shape index (κ3) is 1.32. The van der Waals surface area contributed by atoms with Gasteiger partial charge in [0.05, 0.1) is 0 Å². The fourth-order valence-corrected chi connectivity index (χ4v) is 1.78. The molecule has 0 aromatic heterocycles. The van der Waals surface area contributed by atoms with Crippen molar-refractivity contribution < 1.29 is 14.3 Å². The van der Waals surface area contributed by atoms with Crippen molar-refractivity contribution in [3.8, 4) is 11.5 Å². The van der Waals surface area contributed by atoms with E-state index < -0.39 is 5.38 Å². The van der Waals surface area contributed by atoms with Crippen molar-refractivity contribution in [1.82, 2.24) is 0 Å². The van der Waals surface area contributed by atoms with Crippen LogP contribution in [0.2, 0.25) is 0 Å². The fraction of sp³-hybridized carbons (Fsp3) is 0.0833. The molecule has 1 unspecified atom stereocenters. The number of ketones is 1. The lowest BCUT2D eigenvalue weighted by Gasteiger charge is -2.24. The predicted molar refractivity (Wildman–Crippen MR) is 58.5 cm³/mol. The molecule has 1 aromatic rings. The molecule has 1 aromatic carbocycles. The van der Waals surface area contributed by atoms with E-state index in [-0.39, 0.29) is 11.5 Å². The van der Waals surface area contributed by atoms with Crippen LogP contribution in [0.3, 0.4) is 0 Å². The van der Waals surface area contributed by atoms with Crippen LogP contribution in [-0.4, -0.2) is 11.2 Å². The van der Waals surface area contributed by atoms with Crippen molar-refractivity contribution in [3.05, 3.63) is 47.9 Å². The maximum Gasteiger partial charge on any atom is 0.223 e. The molecule has 3 nitrogen and oxygen atoms in total. The Labute approximate surface area is 96.9 Å². The Balaban J connectivity index is 2.06. The molecule has 1 aliphatic heterocycles. The van der Waals surface area contributed by atoms with Gasteiger partial charge < -0.3 is 9.47 Å². The van der Waals surface area contributed by atoms with Crippen molar-refractivity contribution in [1.29, 1.82) is 0 Å². The quantitative estimate of drug-likeness (QED) is 0.647. The molecule has 0 N–H and O–H groups in total. The van der Waals surface area contributed by atoms with Gasteiger partial charge in [0.2, 0.25) is 11.5 Å². The van der Waals surface area contributed by atoms with Gasteiger partial charge in [0.25, 0.3) is 0 Å². The lowest BCUT2D eigenvalue weighted by molar-refractivity contribution is -0.117. The maximum atomic E-state index is 11.7. The van der Waals surface area contributed by atoms with Gasteiger partial charge in [-0.1, -0.05) is 18.2 Å². The van der Waals surface area contributed by atoms with E-state index in [9.17, 15) is 4.79 Å². The minimum absolute atomic E-state index is 0.182. The summed E-state index contributed by atoms with van der Waals surface area (Å²) in [6.45, 7) is 0. The fourth-order valence-electron chi connectivity index (χ4n) is 1.61. The monoisotopic (exact) mass is 234 g/mol. The van der Waals surface area contributed by atoms with E-state index in [4.69, 9.17) is 21.1 Å². The number of carbonyl (C=O) groups is 1. The number of ether oxygens (including phenoxy) is 2. The first-order valence-electron chi connectivity index (χ1n) is 4.81. The van der Waals surface area contributed by atoms with Gasteiger partial charge >= 0.3 is 0 Å². The van der Waals surface area contributed by atoms with E-state index in [0.717, 1.165) is 0 Å². The molecule has 1 aliphatic carbocycles. The number of alkyl halides is 1. The number of rotatable bonds is 0. The Morgan fingerprint density at radius 1 is 1.12 bits per heavy atom. The van der Waals surface area contributed by atoms with Gasteiger partial charge in [0.1, 0.15) is 5.38 Å². The second-order valence-electron chi connectivity index (χ2n) is 3.47. The number of para-hydroxylation sites is 2. The zero-order chi connectivity index (χ0) is 11.1. The molecule has 1 heterocycles. The van der Waals surface area contributed by atoms with Crippen LogP contribution in [-0.2, 0) is 4.79 Å². The van der Waals surface area contributed by atoms with Crippen LogP contribution < -0.4 is 9.47 Å². The van der Waals surface area contributed by atoms with Crippen LogP contribution in [0.1, 0.15) is 0 Å². The number of Topliss-reactive ketones (excluding diaryl/α,β-unsaturated/α-hetero) is 1. The standard InChI is InChI=1S/C12H7ClO3/c13-7-5-6-10-12(11(7)14)16-9-4-2-1-3-8(9)15-10/h1-7H. The first kappa shape index (κ1) is 9.48. The summed E-state index contributed by atoms with van der Waals surface area (Å²) in [6.07, 6.45) is 3.24. The Morgan fingerprint density at radius 2 is 1.81 bits per heavy atom. The molecule has 0 saturated heterocycles. The van der Waals surface area contributed by atoms with Crippen molar-refractivity contribution in [2.75, 3.05) is 0 Å². The summed E-state index contributed by atoms with van der Waals surface area (Å²) < 4.78 is 11.0. The smallest absolute Gasteiger partial charge is 0.223 e. The highest BCUT2D eigenvalue weighted by Gasteiger charge is 2.31. The largest absolute Gasteiger partial charge is 0.449 e. The summed E-state index contributed by atoms with van der Waals surface area (Å²) in [5, 5.41) is -0.674. The van der Waals surface area contributed by atoms with Gasteiger partial charge in [-0.3, -0.25) is 4.79 Å². The number of halogens is 1. The molecule has 80 valence electrons. The first-order valence-corrected chi connectivity index (χ1v) is 5.25. The second kappa shape index (κ2) is 3.39. The van der Waals surface area contributed by atoms with Gasteiger partial charge in [-0.05, 0) is 18.2 Å². The highest BCUT2D eigenvalue weighted by atomic mass is 35.5. The molecular formula is C12H7ClO3. The van der Waals surface area contributed by atoms with Crippen LogP contribution >= 0.6 is 11.6 Å². The van der Waals surface area contributed by atoms with E-state index in [2.05, 4.69) is 0 Å². The van der Waals surface area contributed by atoms with Crippen LogP contribution in [0.15, 0.2) is 47.9 Å². The van der Waals surface area contributed by atoms with Crippen LogP contribution in [0.5, 0.6) is 11.5 Å². The van der Waals surface area contributed by atoms with Crippen molar-refractivity contribution in [2.45, 2.75) is 5.38 Å². The van der Waals surface area contributed by atoms with Gasteiger partial charge in [0.15, 0.2) is 17.3 Å². The number of carbonyl (C=O) groups excluding carboxylic acids is 1. The third-order valence-electron chi connectivity index (χ3n) is 2.40. The highest BCUT2D eigenvalue weighted by molar-refractivity contribution is 6.35. The number of allylic oxidation sites excluding steroid dienone is 3. The molecular weight excluding hydrogens is 228 g/mol. The normalized spacial score (nSPS) is 22.1. The van der Waals surface area contributed by atoms with E-state index in [1.54, 1.807) is 24.3 Å². The van der Waals surface area contributed by atoms with E-state index in [1.807, 2.05) is 12.1 Å². The van der Waals surface area contributed by atoms with Crippen LogP contribution in [0.4, 0.5) is 0 Å². The van der Waals surface area contributed by atoms with E-state index in [0.29, 0.717) is 17.3 Å². The highest BCUT2D eigenvalue weighted by Crippen LogP contribution is 2.37. The van der Waals surface area contributed by atoms with Gasteiger partial charge in [-0.25, -0.2) is 0 Å². The van der Waals surface area contributed by atoms with Crippen molar-refractivity contribution >= 4 is 17.4 Å². The number of benzene rings is 1. The molecule has 0 amide bonds. The van der Waals surface area contributed by atoms with Gasteiger partial charge in [0, 0.05) is 0 Å². The molecule has 0 saturated carbocycles. The molecule has 3 rings (SSSR count). The summed E-state index contributed by atoms with van der Waals surface area (Å²) in [5.41, 5.74) is 0. The number of hydrogen-bond acceptors (Lipinski definition) is 3. The summed E-state index contributed by atoms with van der Waals surface area (Å²) in [4.78, 5) is 11.7. The Kier molecular flexibility index (Phi) is 2.01. The molecule has 0 radical (unpaired) electrons. The van der Waals surface area contributed by atoms with Gasteiger partial charge in [-0.15, -0.1) is 11.6 Å². The lowest BCUT2D eigenvalue weighted by atomic mass is 10.1. The zero-order valence-corrected chi connectivity index (χ0v) is 8.90. The van der Waals surface area contributed by atoms with Gasteiger partial charge in [-0.2, -0.15) is 0 Å². The maximum absolute atomic E-state index is 11.7. The van der Waals surface area contributed by atoms with Crippen LogP contribution in [0, 0.1) is 0 Å². The van der Waals surface area contributed by atoms with Crippen molar-refractivity contribution in [3.63, 3.8) is 0 Å².